The Balaban J connectivity index is 1.25. The fraction of sp³-hybridized carbons (Fsp3) is 0.300. The Morgan fingerprint density at radius 1 is 0.889 bits per heavy atom. The lowest BCUT2D eigenvalue weighted by Crippen LogP contribution is -2.36. The summed E-state index contributed by atoms with van der Waals surface area (Å²) in [5.41, 5.74) is 5.47. The molecule has 0 unspecified atom stereocenters. The van der Waals surface area contributed by atoms with Crippen LogP contribution in [0, 0.1) is 5.41 Å². The molecule has 5 aromatic rings. The van der Waals surface area contributed by atoms with Crippen molar-refractivity contribution in [3.8, 4) is 11.1 Å². The van der Waals surface area contributed by atoms with Crippen LogP contribution in [0.5, 0.6) is 0 Å². The Morgan fingerprint density at radius 3 is 2.50 bits per heavy atom. The summed E-state index contributed by atoms with van der Waals surface area (Å²) in [7, 11) is 0. The number of benzene rings is 1. The minimum atomic E-state index is -0.0523. The molecular weight excluding hydrogens is 446 g/mol. The Hall–Kier alpha value is -3.77. The number of hydrogen-bond acceptors (Lipinski definition) is 4. The third-order valence-corrected chi connectivity index (χ3v) is 7.50. The zero-order valence-corrected chi connectivity index (χ0v) is 20.9. The number of aromatic nitrogens is 4. The van der Waals surface area contributed by atoms with Gasteiger partial charge in [-0.1, -0.05) is 50.2 Å². The molecule has 4 aromatic heterocycles. The van der Waals surface area contributed by atoms with Crippen molar-refractivity contribution in [3.63, 3.8) is 0 Å². The zero-order valence-electron chi connectivity index (χ0n) is 20.9. The maximum Gasteiger partial charge on any atom is 0.260 e. The van der Waals surface area contributed by atoms with Crippen LogP contribution in [0.25, 0.3) is 27.5 Å². The molecule has 36 heavy (non-hydrogen) atoms. The lowest BCUT2D eigenvalue weighted by molar-refractivity contribution is 0.127. The third-order valence-electron chi connectivity index (χ3n) is 7.50. The first kappa shape index (κ1) is 22.7. The van der Waals surface area contributed by atoms with E-state index in [2.05, 4.69) is 46.5 Å². The summed E-state index contributed by atoms with van der Waals surface area (Å²) in [6.07, 6.45) is 12.0. The maximum absolute atomic E-state index is 13.3. The lowest BCUT2D eigenvalue weighted by atomic mass is 9.82. The largest absolute Gasteiger partial charge is 0.309 e. The average Bonchev–Trinajstić information content (AvgIpc) is 3.29. The topological polar surface area (TPSA) is 55.4 Å². The summed E-state index contributed by atoms with van der Waals surface area (Å²) in [4.78, 5) is 25.0. The molecule has 1 aliphatic rings. The molecule has 1 aromatic carbocycles. The van der Waals surface area contributed by atoms with Crippen LogP contribution in [-0.2, 0) is 13.1 Å². The van der Waals surface area contributed by atoms with Crippen molar-refractivity contribution >= 4 is 16.4 Å². The van der Waals surface area contributed by atoms with Crippen molar-refractivity contribution < 1.29 is 0 Å². The molecule has 0 atom stereocenters. The van der Waals surface area contributed by atoms with Crippen LogP contribution in [-0.4, -0.2) is 36.9 Å². The van der Waals surface area contributed by atoms with Crippen molar-refractivity contribution in [3.05, 3.63) is 101 Å². The van der Waals surface area contributed by atoms with Gasteiger partial charge in [-0.3, -0.25) is 14.7 Å². The van der Waals surface area contributed by atoms with Crippen LogP contribution in [0.1, 0.15) is 37.9 Å². The number of piperidine rings is 1. The molecule has 0 bridgehead atoms. The molecule has 0 spiro atoms. The second-order valence-corrected chi connectivity index (χ2v) is 10.7. The van der Waals surface area contributed by atoms with Gasteiger partial charge >= 0.3 is 0 Å². The summed E-state index contributed by atoms with van der Waals surface area (Å²) in [6, 6.07) is 16.3. The molecule has 6 heteroatoms. The number of rotatable bonds is 5. The van der Waals surface area contributed by atoms with E-state index in [4.69, 9.17) is 4.98 Å². The average molecular weight is 478 g/mol. The minimum Gasteiger partial charge on any atom is -0.309 e. The van der Waals surface area contributed by atoms with Gasteiger partial charge in [0.05, 0.1) is 17.6 Å². The molecular formula is C30H31N5O. The van der Waals surface area contributed by atoms with Gasteiger partial charge in [0.2, 0.25) is 0 Å². The number of pyridine rings is 3. The minimum absolute atomic E-state index is 0.0523. The van der Waals surface area contributed by atoms with Crippen LogP contribution in [0.2, 0.25) is 0 Å². The van der Waals surface area contributed by atoms with Gasteiger partial charge < -0.3 is 8.97 Å². The molecule has 0 N–H and O–H groups in total. The molecule has 6 rings (SSSR count). The van der Waals surface area contributed by atoms with Crippen molar-refractivity contribution in [1.82, 2.24) is 23.8 Å². The van der Waals surface area contributed by atoms with Crippen molar-refractivity contribution in [2.45, 2.75) is 39.8 Å². The number of likely N-dealkylation sites (tertiary alicyclic amines) is 1. The molecule has 6 nitrogen and oxygen atoms in total. The monoisotopic (exact) mass is 477 g/mol. The first-order valence-electron chi connectivity index (χ1n) is 12.7. The van der Waals surface area contributed by atoms with Gasteiger partial charge in [-0.05, 0) is 60.0 Å². The highest BCUT2D eigenvalue weighted by Gasteiger charge is 2.25. The van der Waals surface area contributed by atoms with Gasteiger partial charge in [-0.25, -0.2) is 4.98 Å². The number of nitrogens with zero attached hydrogens (tertiary/aromatic N) is 5. The van der Waals surface area contributed by atoms with Gasteiger partial charge in [-0.15, -0.1) is 0 Å². The number of hydrogen-bond donors (Lipinski definition) is 0. The summed E-state index contributed by atoms with van der Waals surface area (Å²) in [6.45, 7) is 8.40. The molecule has 182 valence electrons. The van der Waals surface area contributed by atoms with Crippen LogP contribution in [0.15, 0.2) is 84.3 Å². The molecule has 0 aliphatic carbocycles. The Bertz CT molecular complexity index is 1590. The van der Waals surface area contributed by atoms with E-state index in [0.29, 0.717) is 17.3 Å². The third kappa shape index (κ3) is 4.44. The predicted octanol–water partition coefficient (Wildman–Crippen LogP) is 5.38. The van der Waals surface area contributed by atoms with Gasteiger partial charge in [0, 0.05) is 43.1 Å². The van der Waals surface area contributed by atoms with Gasteiger partial charge in [0.1, 0.15) is 5.65 Å². The van der Waals surface area contributed by atoms with Crippen LogP contribution >= 0.6 is 0 Å². The summed E-state index contributed by atoms with van der Waals surface area (Å²) in [5, 5.41) is 1.54. The Kier molecular flexibility index (Phi) is 5.69. The van der Waals surface area contributed by atoms with E-state index < -0.39 is 0 Å². The summed E-state index contributed by atoms with van der Waals surface area (Å²) in [5.74, 6) is 0. The Morgan fingerprint density at radius 2 is 1.69 bits per heavy atom. The number of fused-ring (bicyclic) bond motifs is 2. The van der Waals surface area contributed by atoms with E-state index in [1.54, 1.807) is 10.8 Å². The van der Waals surface area contributed by atoms with Gasteiger partial charge in [-0.2, -0.15) is 0 Å². The lowest BCUT2D eigenvalue weighted by Gasteiger charge is -2.36. The fourth-order valence-corrected chi connectivity index (χ4v) is 5.19. The molecule has 0 amide bonds. The van der Waals surface area contributed by atoms with E-state index in [1.807, 2.05) is 55.0 Å². The van der Waals surface area contributed by atoms with E-state index >= 15 is 0 Å². The van der Waals surface area contributed by atoms with Crippen molar-refractivity contribution in [1.29, 1.82) is 0 Å². The molecule has 1 aliphatic heterocycles. The molecule has 1 fully saturated rings. The molecule has 5 heterocycles. The highest BCUT2D eigenvalue weighted by atomic mass is 16.1. The zero-order chi connectivity index (χ0) is 24.7. The van der Waals surface area contributed by atoms with E-state index in [9.17, 15) is 4.79 Å². The molecule has 0 radical (unpaired) electrons. The first-order chi connectivity index (χ1) is 17.4. The van der Waals surface area contributed by atoms with E-state index in [0.717, 1.165) is 47.5 Å². The SMILES string of the molecule is CC1(C)CCN(Cc2ccc3nc(Cn4ccc5c(-c6ccccc6)cncc5c4=O)cn3c2)CC1. The normalized spacial score (nSPS) is 16.1. The second-order valence-electron chi connectivity index (χ2n) is 10.7. The highest BCUT2D eigenvalue weighted by Crippen LogP contribution is 2.30. The smallest absolute Gasteiger partial charge is 0.260 e. The van der Waals surface area contributed by atoms with Crippen LogP contribution in [0.4, 0.5) is 0 Å². The Labute approximate surface area is 210 Å². The number of imidazole rings is 1. The van der Waals surface area contributed by atoms with E-state index in [-0.39, 0.29) is 5.56 Å². The van der Waals surface area contributed by atoms with Crippen molar-refractivity contribution in [2.75, 3.05) is 13.1 Å². The first-order valence-corrected chi connectivity index (χ1v) is 12.7. The summed E-state index contributed by atoms with van der Waals surface area (Å²) >= 11 is 0. The van der Waals surface area contributed by atoms with Gasteiger partial charge in [0.15, 0.2) is 0 Å². The second kappa shape index (κ2) is 9.03. The standard InChI is InChI=1S/C30H31N5O/c1-30(2)11-14-33(15-12-30)18-22-8-9-28-32-24(21-35(28)19-22)20-34-13-10-25-26(23-6-4-3-5-7-23)16-31-17-27(25)29(34)36/h3-10,13,16-17,19,21H,11-12,14-15,18,20H2,1-2H3. The predicted molar refractivity (Wildman–Crippen MR) is 144 cm³/mol. The van der Waals surface area contributed by atoms with Crippen LogP contribution < -0.4 is 5.56 Å². The van der Waals surface area contributed by atoms with Gasteiger partial charge in [0.25, 0.3) is 5.56 Å². The maximum atomic E-state index is 13.3. The van der Waals surface area contributed by atoms with E-state index in [1.165, 1.54) is 18.4 Å². The fourth-order valence-electron chi connectivity index (χ4n) is 5.19. The molecule has 1 saturated heterocycles. The highest BCUT2D eigenvalue weighted by molar-refractivity contribution is 5.95. The molecule has 0 saturated carbocycles. The van der Waals surface area contributed by atoms with Crippen LogP contribution in [0.3, 0.4) is 0 Å². The quantitative estimate of drug-likeness (QED) is 0.341. The van der Waals surface area contributed by atoms with Crippen molar-refractivity contribution in [2.24, 2.45) is 5.41 Å². The summed E-state index contributed by atoms with van der Waals surface area (Å²) < 4.78 is 3.80.